The molecule has 1 aromatic rings. The molecule has 4 nitrogen and oxygen atoms in total. The summed E-state index contributed by atoms with van der Waals surface area (Å²) in [6, 6.07) is 6.40. The first kappa shape index (κ1) is 14.0. The van der Waals surface area contributed by atoms with Crippen LogP contribution in [0.5, 0.6) is 5.75 Å². The van der Waals surface area contributed by atoms with Gasteiger partial charge in [-0.3, -0.25) is 11.0 Å². The van der Waals surface area contributed by atoms with E-state index in [1.807, 2.05) is 0 Å². The molecule has 0 heterocycles. The standard InChI is InChI=1S/C6H10N3OPS.K.H/c7-11(8,12)9-5-1-3-6(10)4-2-5;;/h1-4,10H,(H5,7,8,9,12);;/q;+1;-1. The molecule has 0 saturated heterocycles. The van der Waals surface area contributed by atoms with E-state index in [0.717, 1.165) is 5.69 Å². The normalized spacial score (nSPS) is 10.3. The van der Waals surface area contributed by atoms with Gasteiger partial charge in [0, 0.05) is 5.69 Å². The Hall–Kier alpha value is 1.03. The molecular formula is C6H11KN3OPS. The molecule has 13 heavy (non-hydrogen) atoms. The fourth-order valence-corrected chi connectivity index (χ4v) is 1.61. The third kappa shape index (κ3) is 6.17. The Balaban J connectivity index is 0. The summed E-state index contributed by atoms with van der Waals surface area (Å²) >= 11 is 4.79. The summed E-state index contributed by atoms with van der Waals surface area (Å²) in [5.74, 6) is 0.197. The Morgan fingerprint density at radius 3 is 2.15 bits per heavy atom. The number of phenolic OH excluding ortho intramolecular Hbond substituents is 1. The summed E-state index contributed by atoms with van der Waals surface area (Å²) in [6.45, 7) is -2.40. The molecule has 0 aliphatic heterocycles. The van der Waals surface area contributed by atoms with Crippen LogP contribution in [0, 0.1) is 0 Å². The van der Waals surface area contributed by atoms with Crippen LogP contribution in [0.4, 0.5) is 5.69 Å². The Morgan fingerprint density at radius 1 is 1.31 bits per heavy atom. The zero-order chi connectivity index (χ0) is 9.19. The molecule has 7 heteroatoms. The Bertz CT molecular complexity index is 317. The predicted octanol–water partition coefficient (Wildman–Crippen LogP) is -1.94. The fraction of sp³-hybridized carbons (Fsp3) is 0. The largest absolute Gasteiger partial charge is 1.00 e. The molecule has 0 spiro atoms. The third-order valence-corrected chi connectivity index (χ3v) is 2.05. The van der Waals surface area contributed by atoms with Crippen LogP contribution in [0.15, 0.2) is 24.3 Å². The zero-order valence-electron chi connectivity index (χ0n) is 8.27. The maximum absolute atomic E-state index is 8.95. The molecule has 6 N–H and O–H groups in total. The second-order valence-corrected chi connectivity index (χ2v) is 5.82. The molecule has 0 amide bonds. The van der Waals surface area contributed by atoms with E-state index in [1.165, 1.54) is 12.1 Å². The fourth-order valence-electron chi connectivity index (χ4n) is 0.738. The number of nitrogens with two attached hydrogens (primary N) is 2. The Morgan fingerprint density at radius 2 is 1.77 bits per heavy atom. The smallest absolute Gasteiger partial charge is 1.00 e. The van der Waals surface area contributed by atoms with Crippen molar-refractivity contribution in [1.82, 2.24) is 0 Å². The molecule has 1 aromatic carbocycles. The molecule has 0 aromatic heterocycles. The van der Waals surface area contributed by atoms with Gasteiger partial charge in [0.1, 0.15) is 5.75 Å². The molecule has 0 unspecified atom stereocenters. The summed E-state index contributed by atoms with van der Waals surface area (Å²) < 4.78 is 0. The summed E-state index contributed by atoms with van der Waals surface area (Å²) in [6.07, 6.45) is 0. The number of phenols is 1. The monoisotopic (exact) mass is 243 g/mol. The van der Waals surface area contributed by atoms with E-state index in [4.69, 9.17) is 27.9 Å². The average molecular weight is 243 g/mol. The van der Waals surface area contributed by atoms with Crippen molar-refractivity contribution in [3.8, 4) is 5.75 Å². The van der Waals surface area contributed by atoms with Gasteiger partial charge in [0.05, 0.1) is 0 Å². The number of rotatable bonds is 2. The number of aromatic hydroxyl groups is 1. The van der Waals surface area contributed by atoms with Crippen molar-refractivity contribution >= 4 is 24.0 Å². The van der Waals surface area contributed by atoms with Crippen LogP contribution in [0.1, 0.15) is 1.43 Å². The quantitative estimate of drug-likeness (QED) is 0.276. The van der Waals surface area contributed by atoms with E-state index in [-0.39, 0.29) is 58.6 Å². The molecule has 0 saturated carbocycles. The summed E-state index contributed by atoms with van der Waals surface area (Å²) in [7, 11) is 0. The molecule has 0 bridgehead atoms. The summed E-state index contributed by atoms with van der Waals surface area (Å²) in [4.78, 5) is 0. The first-order chi connectivity index (χ1) is 5.47. The van der Waals surface area contributed by atoms with E-state index in [9.17, 15) is 0 Å². The molecule has 1 rings (SSSR count). The van der Waals surface area contributed by atoms with E-state index in [1.54, 1.807) is 12.1 Å². The average Bonchev–Trinajstić information content (AvgIpc) is 1.91. The van der Waals surface area contributed by atoms with Gasteiger partial charge in [-0.1, -0.05) is 0 Å². The number of hydrogen-bond donors (Lipinski definition) is 4. The van der Waals surface area contributed by atoms with Gasteiger partial charge in [-0.25, -0.2) is 0 Å². The molecule has 68 valence electrons. The van der Waals surface area contributed by atoms with Crippen LogP contribution in [0.3, 0.4) is 0 Å². The summed E-state index contributed by atoms with van der Waals surface area (Å²) in [5, 5.41) is 11.7. The van der Waals surface area contributed by atoms with Crippen molar-refractivity contribution in [2.24, 2.45) is 11.0 Å². The summed E-state index contributed by atoms with van der Waals surface area (Å²) in [5.41, 5.74) is 11.6. The van der Waals surface area contributed by atoms with Crippen molar-refractivity contribution in [3.05, 3.63) is 24.3 Å². The van der Waals surface area contributed by atoms with Crippen molar-refractivity contribution in [2.75, 3.05) is 5.09 Å². The van der Waals surface area contributed by atoms with Gasteiger partial charge in [-0.2, -0.15) is 0 Å². The van der Waals surface area contributed by atoms with E-state index < -0.39 is 6.49 Å². The van der Waals surface area contributed by atoms with Gasteiger partial charge >= 0.3 is 51.4 Å². The van der Waals surface area contributed by atoms with Gasteiger partial charge < -0.3 is 11.6 Å². The first-order valence-electron chi connectivity index (χ1n) is 3.22. The second kappa shape index (κ2) is 5.80. The van der Waals surface area contributed by atoms with Crippen molar-refractivity contribution in [3.63, 3.8) is 0 Å². The number of anilines is 1. The topological polar surface area (TPSA) is 84.3 Å². The van der Waals surface area contributed by atoms with Crippen molar-refractivity contribution in [1.29, 1.82) is 0 Å². The van der Waals surface area contributed by atoms with Gasteiger partial charge in [-0.05, 0) is 36.1 Å². The molecule has 0 fully saturated rings. The van der Waals surface area contributed by atoms with E-state index in [2.05, 4.69) is 5.09 Å². The van der Waals surface area contributed by atoms with E-state index >= 15 is 0 Å². The minimum atomic E-state index is -2.40. The zero-order valence-corrected chi connectivity index (χ0v) is 12.1. The third-order valence-electron chi connectivity index (χ3n) is 1.17. The first-order valence-corrected chi connectivity index (χ1v) is 6.16. The van der Waals surface area contributed by atoms with Crippen LogP contribution < -0.4 is 67.5 Å². The number of nitrogens with one attached hydrogen (secondary N) is 1. The maximum atomic E-state index is 8.95. The van der Waals surface area contributed by atoms with Crippen molar-refractivity contribution < 1.29 is 57.9 Å². The Labute approximate surface area is 126 Å². The van der Waals surface area contributed by atoms with Gasteiger partial charge in [0.2, 0.25) is 0 Å². The van der Waals surface area contributed by atoms with Crippen LogP contribution in [0.2, 0.25) is 0 Å². The SMILES string of the molecule is NP(N)(=S)Nc1ccc(O)cc1.[H-].[K+]. The molecule has 0 aliphatic carbocycles. The molecular weight excluding hydrogens is 232 g/mol. The second-order valence-electron chi connectivity index (χ2n) is 2.37. The van der Waals surface area contributed by atoms with Gasteiger partial charge in [0.15, 0.2) is 6.49 Å². The Kier molecular flexibility index (Phi) is 6.26. The minimum Gasteiger partial charge on any atom is -1.00 e. The number of hydrogen-bond acceptors (Lipinski definition) is 2. The van der Waals surface area contributed by atoms with Crippen LogP contribution >= 0.6 is 6.49 Å². The van der Waals surface area contributed by atoms with Crippen LogP contribution in [-0.4, -0.2) is 5.11 Å². The van der Waals surface area contributed by atoms with E-state index in [0.29, 0.717) is 0 Å². The predicted molar refractivity (Wildman–Crippen MR) is 55.5 cm³/mol. The van der Waals surface area contributed by atoms with Crippen molar-refractivity contribution in [2.45, 2.75) is 0 Å². The minimum absolute atomic E-state index is 0. The van der Waals surface area contributed by atoms with Crippen LogP contribution in [-0.2, 0) is 11.8 Å². The molecule has 0 aliphatic rings. The number of benzene rings is 1. The molecule has 0 atom stereocenters. The molecule has 0 radical (unpaired) electrons. The van der Waals surface area contributed by atoms with Crippen LogP contribution in [0.25, 0.3) is 0 Å². The van der Waals surface area contributed by atoms with Gasteiger partial charge in [0.25, 0.3) is 0 Å². The van der Waals surface area contributed by atoms with Gasteiger partial charge in [-0.15, -0.1) is 0 Å². The maximum Gasteiger partial charge on any atom is 1.00 e.